The third-order valence-electron chi connectivity index (χ3n) is 4.34. The number of aromatic amines is 1. The quantitative estimate of drug-likeness (QED) is 0.543. The lowest BCUT2D eigenvalue weighted by molar-refractivity contribution is 0.287. The average molecular weight is 364 g/mol. The number of hydrogen-bond donors (Lipinski definition) is 2. The van der Waals surface area contributed by atoms with Crippen LogP contribution >= 0.6 is 11.3 Å². The number of H-pyrrole nitrogens is 1. The van der Waals surface area contributed by atoms with Crippen LogP contribution in [0.5, 0.6) is 5.75 Å². The third-order valence-corrected chi connectivity index (χ3v) is 5.07. The lowest BCUT2D eigenvalue weighted by Gasteiger charge is -2.13. The zero-order chi connectivity index (χ0) is 17.9. The predicted octanol–water partition coefficient (Wildman–Crippen LogP) is 3.94. The van der Waals surface area contributed by atoms with Crippen molar-refractivity contribution >= 4 is 22.2 Å². The number of nitrogens with one attached hydrogen (secondary N) is 1. The van der Waals surface area contributed by atoms with Gasteiger partial charge in [-0.15, -0.1) is 0 Å². The van der Waals surface area contributed by atoms with Crippen LogP contribution < -0.4 is 10.5 Å². The monoisotopic (exact) mass is 364 g/mol. The number of thiophene rings is 1. The number of aryl methyl sites for hydroxylation is 1. The first kappa shape index (κ1) is 16.8. The van der Waals surface area contributed by atoms with Crippen LogP contribution in [0.4, 0.5) is 0 Å². The SMILES string of the molecule is Cc1n[nH]c2ccc(-c3cncc(OC[C@@H](N)Cc4ccsc4)c3)cc12. The molecule has 6 heteroatoms. The van der Waals surface area contributed by atoms with Crippen LogP contribution in [-0.4, -0.2) is 27.8 Å². The molecule has 0 saturated carbocycles. The summed E-state index contributed by atoms with van der Waals surface area (Å²) in [6.45, 7) is 2.45. The van der Waals surface area contributed by atoms with Crippen LogP contribution in [0.15, 0.2) is 53.5 Å². The largest absolute Gasteiger partial charge is 0.490 e. The fourth-order valence-electron chi connectivity index (χ4n) is 2.95. The van der Waals surface area contributed by atoms with Crippen molar-refractivity contribution in [1.29, 1.82) is 0 Å². The summed E-state index contributed by atoms with van der Waals surface area (Å²) < 4.78 is 5.87. The van der Waals surface area contributed by atoms with Crippen molar-refractivity contribution in [1.82, 2.24) is 15.2 Å². The second-order valence-electron chi connectivity index (χ2n) is 6.39. The van der Waals surface area contributed by atoms with Gasteiger partial charge in [0.05, 0.1) is 17.4 Å². The van der Waals surface area contributed by atoms with Crippen molar-refractivity contribution in [2.75, 3.05) is 6.61 Å². The fourth-order valence-corrected chi connectivity index (χ4v) is 3.64. The minimum Gasteiger partial charge on any atom is -0.490 e. The highest BCUT2D eigenvalue weighted by Gasteiger charge is 2.08. The molecule has 4 rings (SSSR count). The fraction of sp³-hybridized carbons (Fsp3) is 0.200. The number of nitrogens with two attached hydrogens (primary N) is 1. The van der Waals surface area contributed by atoms with E-state index in [2.05, 4.69) is 44.1 Å². The Labute approximate surface area is 155 Å². The van der Waals surface area contributed by atoms with Gasteiger partial charge in [-0.05, 0) is 59.5 Å². The van der Waals surface area contributed by atoms with Crippen molar-refractivity contribution < 1.29 is 4.74 Å². The summed E-state index contributed by atoms with van der Waals surface area (Å²) in [5.74, 6) is 0.729. The van der Waals surface area contributed by atoms with Gasteiger partial charge in [0.15, 0.2) is 0 Å². The number of pyridine rings is 1. The maximum Gasteiger partial charge on any atom is 0.138 e. The Hall–Kier alpha value is -2.70. The molecule has 0 aliphatic rings. The number of rotatable bonds is 6. The van der Waals surface area contributed by atoms with E-state index in [0.717, 1.165) is 39.9 Å². The van der Waals surface area contributed by atoms with Gasteiger partial charge in [-0.25, -0.2) is 0 Å². The molecule has 0 saturated heterocycles. The predicted molar refractivity (Wildman–Crippen MR) is 106 cm³/mol. The zero-order valence-electron chi connectivity index (χ0n) is 14.5. The standard InChI is InChI=1S/C20H20N4OS/c1-13-19-8-15(2-3-20(19)24-23-13)16-7-18(10-22-9-16)25-11-17(21)6-14-4-5-26-12-14/h2-5,7-10,12,17H,6,11,21H2,1H3,(H,23,24)/t17-/m0/s1. The Bertz CT molecular complexity index is 1010. The van der Waals surface area contributed by atoms with Crippen LogP contribution in [0.1, 0.15) is 11.3 Å². The molecule has 0 aliphatic heterocycles. The van der Waals surface area contributed by atoms with Crippen LogP contribution in [0.2, 0.25) is 0 Å². The van der Waals surface area contributed by atoms with Gasteiger partial charge in [0.2, 0.25) is 0 Å². The first-order valence-corrected chi connectivity index (χ1v) is 9.43. The highest BCUT2D eigenvalue weighted by molar-refractivity contribution is 7.07. The molecule has 3 aromatic heterocycles. The van der Waals surface area contributed by atoms with E-state index in [1.807, 2.05) is 25.3 Å². The van der Waals surface area contributed by atoms with E-state index in [9.17, 15) is 0 Å². The van der Waals surface area contributed by atoms with Crippen molar-refractivity contribution in [2.24, 2.45) is 5.73 Å². The Balaban J connectivity index is 1.48. The Morgan fingerprint density at radius 1 is 1.19 bits per heavy atom. The van der Waals surface area contributed by atoms with E-state index in [-0.39, 0.29) is 6.04 Å². The molecule has 0 unspecified atom stereocenters. The minimum absolute atomic E-state index is 0.0433. The highest BCUT2D eigenvalue weighted by Crippen LogP contribution is 2.27. The van der Waals surface area contributed by atoms with Crippen LogP contribution in [0.25, 0.3) is 22.0 Å². The third kappa shape index (κ3) is 3.61. The first-order valence-electron chi connectivity index (χ1n) is 8.48. The van der Waals surface area contributed by atoms with Gasteiger partial charge in [0.25, 0.3) is 0 Å². The molecule has 5 nitrogen and oxygen atoms in total. The molecular weight excluding hydrogens is 344 g/mol. The van der Waals surface area contributed by atoms with Crippen molar-refractivity contribution in [3.63, 3.8) is 0 Å². The number of ether oxygens (including phenoxy) is 1. The smallest absolute Gasteiger partial charge is 0.138 e. The Morgan fingerprint density at radius 3 is 2.96 bits per heavy atom. The van der Waals surface area contributed by atoms with E-state index in [4.69, 9.17) is 10.5 Å². The molecule has 0 aliphatic carbocycles. The van der Waals surface area contributed by atoms with Crippen LogP contribution in [0, 0.1) is 6.92 Å². The highest BCUT2D eigenvalue weighted by atomic mass is 32.1. The Kier molecular flexibility index (Phi) is 4.69. The van der Waals surface area contributed by atoms with Crippen molar-refractivity contribution in [3.05, 3.63) is 64.7 Å². The van der Waals surface area contributed by atoms with Gasteiger partial charge in [-0.3, -0.25) is 10.1 Å². The first-order chi connectivity index (χ1) is 12.7. The van der Waals surface area contributed by atoms with Crippen molar-refractivity contribution in [3.8, 4) is 16.9 Å². The number of fused-ring (bicyclic) bond motifs is 1. The summed E-state index contributed by atoms with van der Waals surface area (Å²) in [4.78, 5) is 4.32. The molecule has 0 amide bonds. The summed E-state index contributed by atoms with van der Waals surface area (Å²) in [6.07, 6.45) is 4.38. The molecule has 3 heterocycles. The van der Waals surface area contributed by atoms with Crippen LogP contribution in [0.3, 0.4) is 0 Å². The minimum atomic E-state index is -0.0433. The van der Waals surface area contributed by atoms with E-state index in [0.29, 0.717) is 6.61 Å². The molecular formula is C20H20N4OS. The zero-order valence-corrected chi connectivity index (χ0v) is 15.3. The normalized spacial score (nSPS) is 12.4. The second kappa shape index (κ2) is 7.27. The maximum atomic E-state index is 6.18. The molecule has 1 aromatic carbocycles. The summed E-state index contributed by atoms with van der Waals surface area (Å²) in [5, 5.41) is 12.6. The van der Waals surface area contributed by atoms with Gasteiger partial charge in [0.1, 0.15) is 12.4 Å². The molecule has 26 heavy (non-hydrogen) atoms. The molecule has 4 aromatic rings. The van der Waals surface area contributed by atoms with Gasteiger partial charge >= 0.3 is 0 Å². The van der Waals surface area contributed by atoms with Crippen LogP contribution in [-0.2, 0) is 6.42 Å². The molecule has 0 radical (unpaired) electrons. The summed E-state index contributed by atoms with van der Waals surface area (Å²) in [5.41, 5.74) is 11.5. The van der Waals surface area contributed by atoms with Crippen molar-refractivity contribution in [2.45, 2.75) is 19.4 Å². The molecule has 0 spiro atoms. The summed E-state index contributed by atoms with van der Waals surface area (Å²) in [7, 11) is 0. The number of aromatic nitrogens is 3. The number of hydrogen-bond acceptors (Lipinski definition) is 5. The summed E-state index contributed by atoms with van der Waals surface area (Å²) in [6, 6.07) is 10.3. The average Bonchev–Trinajstić information content (AvgIpc) is 3.30. The molecule has 0 fully saturated rings. The van der Waals surface area contributed by atoms with E-state index in [1.54, 1.807) is 17.5 Å². The lowest BCUT2D eigenvalue weighted by Crippen LogP contribution is -2.30. The maximum absolute atomic E-state index is 6.18. The molecule has 132 valence electrons. The topological polar surface area (TPSA) is 76.8 Å². The number of benzene rings is 1. The number of nitrogens with zero attached hydrogens (tertiary/aromatic N) is 2. The molecule has 3 N–H and O–H groups in total. The van der Waals surface area contributed by atoms with E-state index >= 15 is 0 Å². The second-order valence-corrected chi connectivity index (χ2v) is 7.17. The summed E-state index contributed by atoms with van der Waals surface area (Å²) >= 11 is 1.68. The van der Waals surface area contributed by atoms with Gasteiger partial charge in [0, 0.05) is 23.2 Å². The lowest BCUT2D eigenvalue weighted by atomic mass is 10.0. The van der Waals surface area contributed by atoms with E-state index < -0.39 is 0 Å². The Morgan fingerprint density at radius 2 is 2.12 bits per heavy atom. The van der Waals surface area contributed by atoms with Gasteiger partial charge in [-0.1, -0.05) is 6.07 Å². The van der Waals surface area contributed by atoms with Gasteiger partial charge < -0.3 is 10.5 Å². The van der Waals surface area contributed by atoms with Gasteiger partial charge in [-0.2, -0.15) is 16.4 Å². The van der Waals surface area contributed by atoms with E-state index in [1.165, 1.54) is 5.56 Å². The molecule has 0 bridgehead atoms. The molecule has 1 atom stereocenters.